The lowest BCUT2D eigenvalue weighted by Crippen LogP contribution is -2.30. The predicted octanol–water partition coefficient (Wildman–Crippen LogP) is 4.99. The van der Waals surface area contributed by atoms with Crippen molar-refractivity contribution in [2.45, 2.75) is 6.04 Å². The van der Waals surface area contributed by atoms with Crippen LogP contribution < -0.4 is 9.64 Å². The third-order valence-corrected chi connectivity index (χ3v) is 5.98. The van der Waals surface area contributed by atoms with Crippen LogP contribution in [0, 0.1) is 5.82 Å². The first-order chi connectivity index (χ1) is 16.4. The summed E-state index contributed by atoms with van der Waals surface area (Å²) in [5.74, 6) is -2.26. The molecule has 1 aromatic heterocycles. The number of halogens is 2. The van der Waals surface area contributed by atoms with E-state index in [-0.39, 0.29) is 22.1 Å². The number of carbonyl (C=O) groups excluding carboxylic acids is 2. The number of anilines is 1. The summed E-state index contributed by atoms with van der Waals surface area (Å²) >= 11 is 6.31. The highest BCUT2D eigenvalue weighted by Gasteiger charge is 2.48. The molecule has 1 unspecified atom stereocenters. The number of ketones is 1. The normalized spacial score (nSPS) is 17.5. The summed E-state index contributed by atoms with van der Waals surface area (Å²) in [6, 6.07) is 16.3. The molecule has 1 saturated heterocycles. The molecule has 1 aliphatic heterocycles. The van der Waals surface area contributed by atoms with Crippen LogP contribution in [-0.2, 0) is 9.59 Å². The van der Waals surface area contributed by atoms with Gasteiger partial charge in [-0.2, -0.15) is 0 Å². The maximum Gasteiger partial charge on any atom is 0.302 e. The van der Waals surface area contributed by atoms with Crippen LogP contribution in [0.3, 0.4) is 0 Å². The van der Waals surface area contributed by atoms with Gasteiger partial charge in [-0.1, -0.05) is 41.9 Å². The van der Waals surface area contributed by atoms with Crippen molar-refractivity contribution in [3.8, 4) is 5.75 Å². The smallest absolute Gasteiger partial charge is 0.302 e. The number of aliphatic hydroxyl groups excluding tert-OH is 1. The monoisotopic (exact) mass is 477 g/mol. The number of methoxy groups -OCH3 is 1. The molecule has 34 heavy (non-hydrogen) atoms. The largest absolute Gasteiger partial charge is 0.507 e. The van der Waals surface area contributed by atoms with Crippen molar-refractivity contribution in [3.05, 3.63) is 94.3 Å². The first kappa shape index (κ1) is 21.7. The molecular weight excluding hydrogens is 461 g/mol. The number of benzene rings is 3. The number of rotatable bonds is 4. The molecule has 0 saturated carbocycles. The summed E-state index contributed by atoms with van der Waals surface area (Å²) < 4.78 is 18.9. The van der Waals surface area contributed by atoms with Crippen molar-refractivity contribution in [1.82, 2.24) is 9.97 Å². The molecule has 7 nitrogen and oxygen atoms in total. The van der Waals surface area contributed by atoms with E-state index in [1.54, 1.807) is 36.4 Å². The molecule has 0 aliphatic carbocycles. The fourth-order valence-electron chi connectivity index (χ4n) is 4.04. The third-order valence-electron chi connectivity index (χ3n) is 5.65. The summed E-state index contributed by atoms with van der Waals surface area (Å²) in [6.45, 7) is 0. The molecular formula is C25H17ClFN3O4. The van der Waals surface area contributed by atoms with E-state index >= 15 is 0 Å². The highest BCUT2D eigenvalue weighted by molar-refractivity contribution is 6.51. The molecule has 0 radical (unpaired) electrons. The minimum absolute atomic E-state index is 0.0485. The Bertz CT molecular complexity index is 1480. The van der Waals surface area contributed by atoms with E-state index in [1.807, 2.05) is 0 Å². The number of hydrogen-bond donors (Lipinski definition) is 2. The Balaban J connectivity index is 1.74. The number of aromatic amines is 1. The number of carbonyl (C=O) groups is 2. The molecule has 1 fully saturated rings. The molecule has 2 N–H and O–H groups in total. The van der Waals surface area contributed by atoms with Crippen molar-refractivity contribution >= 4 is 46.0 Å². The van der Waals surface area contributed by atoms with Gasteiger partial charge in [0.1, 0.15) is 17.3 Å². The van der Waals surface area contributed by atoms with Crippen LogP contribution in [0.1, 0.15) is 17.2 Å². The van der Waals surface area contributed by atoms with Gasteiger partial charge in [-0.25, -0.2) is 9.37 Å². The molecule has 3 aromatic carbocycles. The van der Waals surface area contributed by atoms with E-state index in [0.29, 0.717) is 22.3 Å². The van der Waals surface area contributed by atoms with E-state index < -0.39 is 29.3 Å². The second kappa shape index (κ2) is 8.31. The fraction of sp³-hybridized carbons (Fsp3) is 0.0800. The van der Waals surface area contributed by atoms with Crippen LogP contribution in [-0.4, -0.2) is 33.9 Å². The molecule has 170 valence electrons. The van der Waals surface area contributed by atoms with Crippen LogP contribution in [0.25, 0.3) is 16.8 Å². The zero-order chi connectivity index (χ0) is 24.0. The standard InChI is InChI=1S/C25H17ClFN3O4/c1-34-15-8-9-17(26)16(12-15)22(31)20-21(13-5-3-2-4-6-13)30(24(33)23(20)32)25-28-18-10-7-14(27)11-19(18)29-25/h2-12,21,31H,1H3,(H,28,29)/b22-20+. The van der Waals surface area contributed by atoms with Crippen molar-refractivity contribution in [1.29, 1.82) is 0 Å². The van der Waals surface area contributed by atoms with Crippen LogP contribution in [0.4, 0.5) is 10.3 Å². The lowest BCUT2D eigenvalue weighted by molar-refractivity contribution is -0.132. The van der Waals surface area contributed by atoms with Gasteiger partial charge in [-0.3, -0.25) is 14.5 Å². The van der Waals surface area contributed by atoms with Gasteiger partial charge in [0.2, 0.25) is 5.95 Å². The average Bonchev–Trinajstić information content (AvgIpc) is 3.37. The van der Waals surface area contributed by atoms with Gasteiger partial charge in [-0.15, -0.1) is 0 Å². The highest BCUT2D eigenvalue weighted by atomic mass is 35.5. The number of aromatic nitrogens is 2. The minimum atomic E-state index is -1.01. The van der Waals surface area contributed by atoms with Gasteiger partial charge in [-0.05, 0) is 42.0 Å². The summed E-state index contributed by atoms with van der Waals surface area (Å²) in [5, 5.41) is 11.4. The molecule has 4 aromatic rings. The zero-order valence-corrected chi connectivity index (χ0v) is 18.5. The Morgan fingerprint density at radius 2 is 1.88 bits per heavy atom. The molecule has 1 amide bonds. The minimum Gasteiger partial charge on any atom is -0.507 e. The maximum absolute atomic E-state index is 13.7. The van der Waals surface area contributed by atoms with E-state index in [2.05, 4.69) is 9.97 Å². The van der Waals surface area contributed by atoms with Gasteiger partial charge in [0.25, 0.3) is 5.78 Å². The van der Waals surface area contributed by atoms with Gasteiger partial charge >= 0.3 is 5.91 Å². The summed E-state index contributed by atoms with van der Waals surface area (Å²) in [6.07, 6.45) is 0. The Kier molecular flexibility index (Phi) is 5.30. The van der Waals surface area contributed by atoms with E-state index in [0.717, 1.165) is 4.90 Å². The molecule has 1 aliphatic rings. The molecule has 1 atom stereocenters. The van der Waals surface area contributed by atoms with Gasteiger partial charge in [0.05, 0.1) is 34.8 Å². The number of ether oxygens (including phenoxy) is 1. The lowest BCUT2D eigenvalue weighted by atomic mass is 9.95. The number of nitrogens with one attached hydrogen (secondary N) is 1. The van der Waals surface area contributed by atoms with Gasteiger partial charge in [0, 0.05) is 5.56 Å². The predicted molar refractivity (Wildman–Crippen MR) is 125 cm³/mol. The number of amides is 1. The van der Waals surface area contributed by atoms with E-state index in [1.165, 1.54) is 37.4 Å². The highest BCUT2D eigenvalue weighted by Crippen LogP contribution is 2.42. The van der Waals surface area contributed by atoms with Crippen molar-refractivity contribution in [3.63, 3.8) is 0 Å². The summed E-state index contributed by atoms with van der Waals surface area (Å²) in [4.78, 5) is 34.9. The van der Waals surface area contributed by atoms with Crippen molar-refractivity contribution in [2.24, 2.45) is 0 Å². The Morgan fingerprint density at radius 3 is 2.62 bits per heavy atom. The lowest BCUT2D eigenvalue weighted by Gasteiger charge is -2.23. The third kappa shape index (κ3) is 3.48. The zero-order valence-electron chi connectivity index (χ0n) is 17.8. The number of aliphatic hydroxyl groups is 1. The SMILES string of the molecule is COc1ccc(Cl)c(/C(O)=C2\C(=O)C(=O)N(c3nc4ccc(F)cc4[nH]3)C2c2ccccc2)c1. The second-order valence-electron chi connectivity index (χ2n) is 7.65. The number of imidazole rings is 1. The molecule has 5 rings (SSSR count). The number of hydrogen-bond acceptors (Lipinski definition) is 5. The van der Waals surface area contributed by atoms with Crippen LogP contribution in [0.5, 0.6) is 5.75 Å². The van der Waals surface area contributed by atoms with Crippen molar-refractivity contribution in [2.75, 3.05) is 12.0 Å². The second-order valence-corrected chi connectivity index (χ2v) is 8.05. The molecule has 0 bridgehead atoms. The van der Waals surface area contributed by atoms with E-state index in [9.17, 15) is 19.1 Å². The van der Waals surface area contributed by atoms with Crippen molar-refractivity contribution < 1.29 is 23.8 Å². The summed E-state index contributed by atoms with van der Waals surface area (Å²) in [7, 11) is 1.46. The molecule has 9 heteroatoms. The van der Waals surface area contributed by atoms with Crippen LogP contribution in [0.2, 0.25) is 5.02 Å². The van der Waals surface area contributed by atoms with Crippen LogP contribution in [0.15, 0.2) is 72.3 Å². The Hall–Kier alpha value is -4.17. The number of H-pyrrole nitrogens is 1. The summed E-state index contributed by atoms with van der Waals surface area (Å²) in [5.41, 5.74) is 1.33. The molecule has 2 heterocycles. The Labute approximate surface area is 198 Å². The van der Waals surface area contributed by atoms with Crippen LogP contribution >= 0.6 is 11.6 Å². The molecule has 0 spiro atoms. The Morgan fingerprint density at radius 1 is 1.12 bits per heavy atom. The number of fused-ring (bicyclic) bond motifs is 1. The van der Waals surface area contributed by atoms with Gasteiger partial charge < -0.3 is 14.8 Å². The quantitative estimate of drug-likeness (QED) is 0.245. The topological polar surface area (TPSA) is 95.5 Å². The van der Waals surface area contributed by atoms with E-state index in [4.69, 9.17) is 16.3 Å². The average molecular weight is 478 g/mol. The first-order valence-corrected chi connectivity index (χ1v) is 10.6. The maximum atomic E-state index is 13.7. The van der Waals surface area contributed by atoms with Gasteiger partial charge in [0.15, 0.2) is 0 Å². The first-order valence-electron chi connectivity index (χ1n) is 10.2. The fourth-order valence-corrected chi connectivity index (χ4v) is 4.25. The number of nitrogens with zero attached hydrogens (tertiary/aromatic N) is 2. The number of Topliss-reactive ketones (excluding diaryl/α,β-unsaturated/α-hetero) is 1.